The molecule has 72 valence electrons. The first kappa shape index (κ1) is 10.5. The summed E-state index contributed by atoms with van der Waals surface area (Å²) in [5.41, 5.74) is 2.73. The van der Waals surface area contributed by atoms with Gasteiger partial charge >= 0.3 is 0 Å². The first-order valence-electron chi connectivity index (χ1n) is 4.31. The number of hydrogen-bond donors (Lipinski definition) is 2. The predicted molar refractivity (Wildman–Crippen MR) is 55.1 cm³/mol. The molecule has 0 bridgehead atoms. The van der Waals surface area contributed by atoms with Gasteiger partial charge in [-0.2, -0.15) is 0 Å². The van der Waals surface area contributed by atoms with Gasteiger partial charge in [0.15, 0.2) is 0 Å². The molecule has 3 heteroatoms. The molecule has 2 rings (SSSR count). The van der Waals surface area contributed by atoms with E-state index in [1.165, 1.54) is 11.1 Å². The molecule has 0 saturated heterocycles. The highest BCUT2D eigenvalue weighted by atomic mass is 35.5. The number of fused-ring (bicyclic) bond motifs is 1. The molecule has 0 saturated carbocycles. The Kier molecular flexibility index (Phi) is 3.72. The van der Waals surface area contributed by atoms with Crippen molar-refractivity contribution in [3.63, 3.8) is 0 Å². The zero-order chi connectivity index (χ0) is 8.39. The van der Waals surface area contributed by atoms with Crippen LogP contribution in [-0.2, 0) is 13.0 Å². The van der Waals surface area contributed by atoms with Crippen LogP contribution in [-0.4, -0.2) is 17.8 Å². The second kappa shape index (κ2) is 4.61. The number of aliphatic hydroxyl groups excluding tert-OH is 1. The molecule has 0 aliphatic carbocycles. The number of hydrogen-bond acceptors (Lipinski definition) is 2. The summed E-state index contributed by atoms with van der Waals surface area (Å²) < 4.78 is 0. The normalized spacial score (nSPS) is 20.2. The Bertz CT molecular complexity index is 277. The maximum Gasteiger partial charge on any atom is 0.0587 e. The molecule has 0 aromatic heterocycles. The number of benzene rings is 1. The first-order valence-corrected chi connectivity index (χ1v) is 4.31. The van der Waals surface area contributed by atoms with Crippen molar-refractivity contribution in [3.05, 3.63) is 35.4 Å². The Morgan fingerprint density at radius 3 is 2.69 bits per heavy atom. The van der Waals surface area contributed by atoms with E-state index in [0.717, 1.165) is 13.0 Å². The van der Waals surface area contributed by atoms with Crippen LogP contribution in [0.2, 0.25) is 0 Å². The van der Waals surface area contributed by atoms with Gasteiger partial charge in [-0.05, 0) is 17.5 Å². The van der Waals surface area contributed by atoms with Crippen molar-refractivity contribution in [1.82, 2.24) is 5.32 Å². The maximum absolute atomic E-state index is 8.95. The fourth-order valence-electron chi connectivity index (χ4n) is 1.65. The molecule has 0 amide bonds. The molecule has 1 aromatic rings. The molecule has 2 nitrogen and oxygen atoms in total. The van der Waals surface area contributed by atoms with E-state index in [1.54, 1.807) is 0 Å². The fraction of sp³-hybridized carbons (Fsp3) is 0.400. The molecular formula is C10H14ClNO. The molecule has 1 aliphatic heterocycles. The van der Waals surface area contributed by atoms with Crippen molar-refractivity contribution in [2.75, 3.05) is 6.61 Å². The first-order chi connectivity index (χ1) is 5.90. The van der Waals surface area contributed by atoms with Gasteiger partial charge in [-0.25, -0.2) is 0 Å². The van der Waals surface area contributed by atoms with Gasteiger partial charge in [0.1, 0.15) is 0 Å². The molecule has 13 heavy (non-hydrogen) atoms. The summed E-state index contributed by atoms with van der Waals surface area (Å²) in [5.74, 6) is 0. The second-order valence-corrected chi connectivity index (χ2v) is 3.23. The molecule has 2 N–H and O–H groups in total. The monoisotopic (exact) mass is 199 g/mol. The average Bonchev–Trinajstić information content (AvgIpc) is 2.17. The summed E-state index contributed by atoms with van der Waals surface area (Å²) in [6, 6.07) is 8.63. The summed E-state index contributed by atoms with van der Waals surface area (Å²) >= 11 is 0. The lowest BCUT2D eigenvalue weighted by molar-refractivity contribution is 0.236. The number of halogens is 1. The number of nitrogens with one attached hydrogen (secondary N) is 1. The van der Waals surface area contributed by atoms with E-state index in [4.69, 9.17) is 5.11 Å². The minimum Gasteiger partial charge on any atom is -0.395 e. The molecule has 1 aromatic carbocycles. The van der Waals surface area contributed by atoms with E-state index in [9.17, 15) is 0 Å². The fourth-order valence-corrected chi connectivity index (χ4v) is 1.65. The largest absolute Gasteiger partial charge is 0.395 e. The smallest absolute Gasteiger partial charge is 0.0587 e. The molecule has 1 heterocycles. The van der Waals surface area contributed by atoms with Crippen molar-refractivity contribution < 1.29 is 5.11 Å². The van der Waals surface area contributed by atoms with Crippen LogP contribution in [0.4, 0.5) is 0 Å². The average molecular weight is 200 g/mol. The Labute approximate surface area is 84.4 Å². The summed E-state index contributed by atoms with van der Waals surface area (Å²) in [5, 5.41) is 12.2. The third-order valence-corrected chi connectivity index (χ3v) is 2.39. The Morgan fingerprint density at radius 2 is 2.00 bits per heavy atom. The van der Waals surface area contributed by atoms with Crippen molar-refractivity contribution in [2.45, 2.75) is 19.0 Å². The molecule has 0 radical (unpaired) electrons. The summed E-state index contributed by atoms with van der Waals surface area (Å²) in [6.07, 6.45) is 0.951. The highest BCUT2D eigenvalue weighted by Crippen LogP contribution is 2.15. The minimum atomic E-state index is 0. The Morgan fingerprint density at radius 1 is 1.31 bits per heavy atom. The SMILES string of the molecule is Cl.OCC1Cc2ccccc2CN1. The van der Waals surface area contributed by atoms with Crippen molar-refractivity contribution in [2.24, 2.45) is 0 Å². The minimum absolute atomic E-state index is 0. The van der Waals surface area contributed by atoms with Gasteiger partial charge in [-0.3, -0.25) is 0 Å². The van der Waals surface area contributed by atoms with Gasteiger partial charge in [0.25, 0.3) is 0 Å². The molecule has 0 spiro atoms. The standard InChI is InChI=1S/C10H13NO.ClH/c12-7-10-5-8-3-1-2-4-9(8)6-11-10;/h1-4,10-12H,5-7H2;1H. The van der Waals surface area contributed by atoms with Crippen LogP contribution >= 0.6 is 12.4 Å². The summed E-state index contributed by atoms with van der Waals surface area (Å²) in [6.45, 7) is 1.12. The zero-order valence-corrected chi connectivity index (χ0v) is 8.18. The Hall–Kier alpha value is -0.570. The van der Waals surface area contributed by atoms with E-state index in [1.807, 2.05) is 0 Å². The van der Waals surface area contributed by atoms with Crippen LogP contribution in [0.25, 0.3) is 0 Å². The van der Waals surface area contributed by atoms with Gasteiger partial charge in [0.05, 0.1) is 6.61 Å². The van der Waals surface area contributed by atoms with Crippen LogP contribution in [0.5, 0.6) is 0 Å². The van der Waals surface area contributed by atoms with Gasteiger partial charge in [-0.1, -0.05) is 24.3 Å². The van der Waals surface area contributed by atoms with Gasteiger partial charge in [0, 0.05) is 12.6 Å². The third kappa shape index (κ3) is 2.21. The number of aliphatic hydroxyl groups is 1. The van der Waals surface area contributed by atoms with Crippen molar-refractivity contribution >= 4 is 12.4 Å². The summed E-state index contributed by atoms with van der Waals surface area (Å²) in [4.78, 5) is 0. The van der Waals surface area contributed by atoms with Gasteiger partial charge in [0.2, 0.25) is 0 Å². The lowest BCUT2D eigenvalue weighted by atomic mass is 9.96. The van der Waals surface area contributed by atoms with E-state index in [2.05, 4.69) is 29.6 Å². The van der Waals surface area contributed by atoms with Crippen molar-refractivity contribution in [1.29, 1.82) is 0 Å². The van der Waals surface area contributed by atoms with Crippen LogP contribution in [0.1, 0.15) is 11.1 Å². The Balaban J connectivity index is 0.000000845. The van der Waals surface area contributed by atoms with Crippen LogP contribution in [0.15, 0.2) is 24.3 Å². The van der Waals surface area contributed by atoms with Crippen molar-refractivity contribution in [3.8, 4) is 0 Å². The maximum atomic E-state index is 8.95. The zero-order valence-electron chi connectivity index (χ0n) is 7.36. The van der Waals surface area contributed by atoms with Gasteiger partial charge < -0.3 is 10.4 Å². The van der Waals surface area contributed by atoms with E-state index in [-0.39, 0.29) is 25.1 Å². The molecular weight excluding hydrogens is 186 g/mol. The number of rotatable bonds is 1. The molecule has 1 atom stereocenters. The van der Waals surface area contributed by atoms with E-state index < -0.39 is 0 Å². The van der Waals surface area contributed by atoms with E-state index in [0.29, 0.717) is 0 Å². The molecule has 1 unspecified atom stereocenters. The second-order valence-electron chi connectivity index (χ2n) is 3.23. The summed E-state index contributed by atoms with van der Waals surface area (Å²) in [7, 11) is 0. The quantitative estimate of drug-likeness (QED) is 0.711. The highest BCUT2D eigenvalue weighted by molar-refractivity contribution is 5.85. The van der Waals surface area contributed by atoms with Crippen LogP contribution < -0.4 is 5.32 Å². The van der Waals surface area contributed by atoms with Gasteiger partial charge in [-0.15, -0.1) is 12.4 Å². The topological polar surface area (TPSA) is 32.3 Å². The lowest BCUT2D eigenvalue weighted by Gasteiger charge is -2.24. The predicted octanol–water partition coefficient (Wildman–Crippen LogP) is 1.11. The molecule has 0 fully saturated rings. The lowest BCUT2D eigenvalue weighted by Crippen LogP contribution is -2.38. The highest BCUT2D eigenvalue weighted by Gasteiger charge is 2.15. The molecule has 1 aliphatic rings. The van der Waals surface area contributed by atoms with Crippen LogP contribution in [0.3, 0.4) is 0 Å². The third-order valence-electron chi connectivity index (χ3n) is 2.39. The van der Waals surface area contributed by atoms with Crippen LogP contribution in [0, 0.1) is 0 Å². The van der Waals surface area contributed by atoms with E-state index >= 15 is 0 Å².